The summed E-state index contributed by atoms with van der Waals surface area (Å²) < 4.78 is 0. The summed E-state index contributed by atoms with van der Waals surface area (Å²) in [5, 5.41) is 3.70. The van der Waals surface area contributed by atoms with E-state index in [1.165, 1.54) is 18.6 Å². The number of amides is 2. The highest BCUT2D eigenvalue weighted by Gasteiger charge is 2.36. The number of carbonyl (C=O) groups is 2. The van der Waals surface area contributed by atoms with Crippen LogP contribution in [0.5, 0.6) is 0 Å². The molecule has 1 saturated carbocycles. The van der Waals surface area contributed by atoms with Crippen LogP contribution < -0.4 is 5.32 Å². The average Bonchev–Trinajstić information content (AvgIpc) is 3.20. The minimum atomic E-state index is 0.0119. The smallest absolute Gasteiger partial charge is 0.225 e. The molecule has 5 heteroatoms. The van der Waals surface area contributed by atoms with Crippen molar-refractivity contribution in [1.29, 1.82) is 0 Å². The number of rotatable bonds is 4. The Morgan fingerprint density at radius 2 is 1.95 bits per heavy atom. The van der Waals surface area contributed by atoms with Crippen molar-refractivity contribution in [3.05, 3.63) is 0 Å². The summed E-state index contributed by atoms with van der Waals surface area (Å²) in [4.78, 5) is 26.3. The number of carbonyl (C=O) groups excluding carboxylic acids is 2. The zero-order valence-corrected chi connectivity index (χ0v) is 12.8. The van der Waals surface area contributed by atoms with Crippen molar-refractivity contribution < 1.29 is 9.59 Å². The van der Waals surface area contributed by atoms with Gasteiger partial charge in [0.05, 0.1) is 5.92 Å². The van der Waals surface area contributed by atoms with Crippen LogP contribution in [0.15, 0.2) is 0 Å². The van der Waals surface area contributed by atoms with Crippen LogP contribution in [0.2, 0.25) is 0 Å². The number of nitrogens with one attached hydrogen (secondary N) is 1. The highest BCUT2D eigenvalue weighted by molar-refractivity contribution is 8.00. The van der Waals surface area contributed by atoms with E-state index in [4.69, 9.17) is 0 Å². The van der Waals surface area contributed by atoms with Gasteiger partial charge in [-0.2, -0.15) is 11.8 Å². The van der Waals surface area contributed by atoms with Gasteiger partial charge in [0.2, 0.25) is 11.8 Å². The van der Waals surface area contributed by atoms with Crippen molar-refractivity contribution in [3.8, 4) is 0 Å². The molecule has 2 saturated heterocycles. The third-order valence-corrected chi connectivity index (χ3v) is 5.96. The van der Waals surface area contributed by atoms with E-state index in [1.54, 1.807) is 0 Å². The third-order valence-electron chi connectivity index (χ3n) is 4.56. The summed E-state index contributed by atoms with van der Waals surface area (Å²) in [7, 11) is 0. The molecule has 0 radical (unpaired) electrons. The van der Waals surface area contributed by atoms with Crippen LogP contribution in [0.4, 0.5) is 0 Å². The quantitative estimate of drug-likeness (QED) is 0.858. The van der Waals surface area contributed by atoms with Crippen LogP contribution in [0.25, 0.3) is 0 Å². The van der Waals surface area contributed by atoms with E-state index in [9.17, 15) is 9.59 Å². The lowest BCUT2D eigenvalue weighted by Gasteiger charge is -2.32. The lowest BCUT2D eigenvalue weighted by Crippen LogP contribution is -2.46. The molecule has 4 nitrogen and oxygen atoms in total. The Labute approximate surface area is 125 Å². The van der Waals surface area contributed by atoms with Crippen molar-refractivity contribution in [2.45, 2.75) is 43.8 Å². The number of hydrogen-bond acceptors (Lipinski definition) is 3. The van der Waals surface area contributed by atoms with Gasteiger partial charge in [-0.15, -0.1) is 0 Å². The van der Waals surface area contributed by atoms with Gasteiger partial charge in [0.1, 0.15) is 0 Å². The van der Waals surface area contributed by atoms with Crippen molar-refractivity contribution in [2.24, 2.45) is 11.8 Å². The highest BCUT2D eigenvalue weighted by Crippen LogP contribution is 2.32. The molecule has 0 aromatic heterocycles. The minimum absolute atomic E-state index is 0.0119. The fraction of sp³-hybridized carbons (Fsp3) is 0.867. The molecule has 0 bridgehead atoms. The normalized spacial score (nSPS) is 30.3. The number of piperidine rings is 1. The van der Waals surface area contributed by atoms with Gasteiger partial charge in [-0.3, -0.25) is 9.59 Å². The maximum Gasteiger partial charge on any atom is 0.225 e. The van der Waals surface area contributed by atoms with Crippen LogP contribution in [-0.4, -0.2) is 47.4 Å². The van der Waals surface area contributed by atoms with E-state index >= 15 is 0 Å². The van der Waals surface area contributed by atoms with E-state index < -0.39 is 0 Å². The van der Waals surface area contributed by atoms with Gasteiger partial charge >= 0.3 is 0 Å². The SMILES string of the molecule is O=C(NC[C@@H]1CCCS1)[C@H]1CCCN(C(=O)C2CC2)C1. The van der Waals surface area contributed by atoms with Gasteiger partial charge in [-0.25, -0.2) is 0 Å². The lowest BCUT2D eigenvalue weighted by molar-refractivity contribution is -0.136. The Hall–Kier alpha value is -0.710. The van der Waals surface area contributed by atoms with Gasteiger partial charge in [0, 0.05) is 30.8 Å². The van der Waals surface area contributed by atoms with E-state index in [0.717, 1.165) is 38.8 Å². The first-order chi connectivity index (χ1) is 9.74. The van der Waals surface area contributed by atoms with Gasteiger partial charge in [-0.05, 0) is 44.3 Å². The van der Waals surface area contributed by atoms with E-state index in [-0.39, 0.29) is 23.7 Å². The molecule has 2 atom stereocenters. The second-order valence-corrected chi connectivity index (χ2v) is 7.69. The van der Waals surface area contributed by atoms with Crippen LogP contribution in [0.3, 0.4) is 0 Å². The highest BCUT2D eigenvalue weighted by atomic mass is 32.2. The maximum atomic E-state index is 12.3. The Bertz CT molecular complexity index is 378. The van der Waals surface area contributed by atoms with Crippen molar-refractivity contribution >= 4 is 23.6 Å². The zero-order chi connectivity index (χ0) is 13.9. The molecular formula is C15H24N2O2S. The summed E-state index contributed by atoms with van der Waals surface area (Å²) in [5.41, 5.74) is 0. The molecule has 0 aromatic carbocycles. The molecular weight excluding hydrogens is 272 g/mol. The standard InChI is InChI=1S/C15H24N2O2S/c18-14(16-9-13-4-2-8-20-13)12-3-1-7-17(10-12)15(19)11-5-6-11/h11-13H,1-10H2,(H,16,18)/t12-,13-/m0/s1. The molecule has 3 fully saturated rings. The van der Waals surface area contributed by atoms with E-state index in [1.807, 2.05) is 16.7 Å². The van der Waals surface area contributed by atoms with Gasteiger partial charge in [-0.1, -0.05) is 0 Å². The third kappa shape index (κ3) is 3.48. The average molecular weight is 296 g/mol. The Balaban J connectivity index is 1.45. The zero-order valence-electron chi connectivity index (χ0n) is 12.0. The molecule has 2 heterocycles. The van der Waals surface area contributed by atoms with Crippen LogP contribution >= 0.6 is 11.8 Å². The summed E-state index contributed by atoms with van der Waals surface area (Å²) in [6, 6.07) is 0. The predicted molar refractivity (Wildman–Crippen MR) is 80.5 cm³/mol. The van der Waals surface area contributed by atoms with Gasteiger partial charge < -0.3 is 10.2 Å². The number of nitrogens with zero attached hydrogens (tertiary/aromatic N) is 1. The number of likely N-dealkylation sites (tertiary alicyclic amines) is 1. The second-order valence-electron chi connectivity index (χ2n) is 6.28. The maximum absolute atomic E-state index is 12.3. The van der Waals surface area contributed by atoms with Crippen molar-refractivity contribution in [1.82, 2.24) is 10.2 Å². The Kier molecular flexibility index (Phi) is 4.54. The predicted octanol–water partition coefficient (Wildman–Crippen LogP) is 1.65. The summed E-state index contributed by atoms with van der Waals surface area (Å²) in [6.07, 6.45) is 6.49. The molecule has 2 aliphatic heterocycles. The topological polar surface area (TPSA) is 49.4 Å². The molecule has 1 aliphatic carbocycles. The molecule has 0 unspecified atom stereocenters. The summed E-state index contributed by atoms with van der Waals surface area (Å²) >= 11 is 1.97. The molecule has 0 spiro atoms. The van der Waals surface area contributed by atoms with E-state index in [0.29, 0.717) is 11.8 Å². The minimum Gasteiger partial charge on any atom is -0.355 e. The molecule has 112 valence electrons. The number of hydrogen-bond donors (Lipinski definition) is 1. The summed E-state index contributed by atoms with van der Waals surface area (Å²) in [6.45, 7) is 2.28. The summed E-state index contributed by atoms with van der Waals surface area (Å²) in [5.74, 6) is 1.96. The van der Waals surface area contributed by atoms with Gasteiger partial charge in [0.15, 0.2) is 0 Å². The van der Waals surface area contributed by atoms with Crippen molar-refractivity contribution in [2.75, 3.05) is 25.4 Å². The first-order valence-electron chi connectivity index (χ1n) is 7.92. The fourth-order valence-corrected chi connectivity index (χ4v) is 4.35. The first kappa shape index (κ1) is 14.2. The molecule has 3 rings (SSSR count). The Morgan fingerprint density at radius 3 is 2.65 bits per heavy atom. The van der Waals surface area contributed by atoms with Crippen LogP contribution in [0.1, 0.15) is 38.5 Å². The van der Waals surface area contributed by atoms with E-state index in [2.05, 4.69) is 5.32 Å². The fourth-order valence-electron chi connectivity index (χ4n) is 3.14. The van der Waals surface area contributed by atoms with Crippen LogP contribution in [0, 0.1) is 11.8 Å². The molecule has 1 N–H and O–H groups in total. The Morgan fingerprint density at radius 1 is 1.10 bits per heavy atom. The second kappa shape index (κ2) is 6.37. The lowest BCUT2D eigenvalue weighted by atomic mass is 9.96. The molecule has 2 amide bonds. The molecule has 20 heavy (non-hydrogen) atoms. The first-order valence-corrected chi connectivity index (χ1v) is 8.97. The van der Waals surface area contributed by atoms with Crippen molar-refractivity contribution in [3.63, 3.8) is 0 Å². The number of thioether (sulfide) groups is 1. The van der Waals surface area contributed by atoms with Crippen LogP contribution in [-0.2, 0) is 9.59 Å². The van der Waals surface area contributed by atoms with Gasteiger partial charge in [0.25, 0.3) is 0 Å². The monoisotopic (exact) mass is 296 g/mol. The molecule has 0 aromatic rings. The molecule has 3 aliphatic rings. The largest absolute Gasteiger partial charge is 0.355 e.